The van der Waals surface area contributed by atoms with Crippen molar-refractivity contribution in [2.45, 2.75) is 19.9 Å². The van der Waals surface area contributed by atoms with E-state index in [2.05, 4.69) is 10.6 Å². The Morgan fingerprint density at radius 2 is 2.12 bits per heavy atom. The zero-order valence-corrected chi connectivity index (χ0v) is 10.6. The molecule has 0 aliphatic heterocycles. The monoisotopic (exact) mass is 236 g/mol. The lowest BCUT2D eigenvalue weighted by atomic mass is 10.1. The van der Waals surface area contributed by atoms with Crippen LogP contribution in [0.15, 0.2) is 24.3 Å². The number of para-hydroxylation sites is 1. The number of ether oxygens (including phenoxy) is 1. The molecule has 1 amide bonds. The van der Waals surface area contributed by atoms with Crippen molar-refractivity contribution in [1.29, 1.82) is 0 Å². The quantitative estimate of drug-likeness (QED) is 0.786. The van der Waals surface area contributed by atoms with Crippen LogP contribution < -0.4 is 15.4 Å². The summed E-state index contributed by atoms with van der Waals surface area (Å²) in [4.78, 5) is 11.3. The van der Waals surface area contributed by atoms with Gasteiger partial charge in [0.05, 0.1) is 13.7 Å². The van der Waals surface area contributed by atoms with Crippen molar-refractivity contribution < 1.29 is 9.53 Å². The number of carbonyl (C=O) groups excluding carboxylic acids is 1. The molecule has 94 valence electrons. The van der Waals surface area contributed by atoms with Crippen LogP contribution in [0.2, 0.25) is 0 Å². The van der Waals surface area contributed by atoms with Gasteiger partial charge in [-0.05, 0) is 19.9 Å². The average molecular weight is 236 g/mol. The molecular formula is C13H20N2O2. The molecule has 0 fully saturated rings. The largest absolute Gasteiger partial charge is 0.496 e. The molecule has 1 aromatic rings. The van der Waals surface area contributed by atoms with Crippen molar-refractivity contribution in [2.24, 2.45) is 0 Å². The highest BCUT2D eigenvalue weighted by molar-refractivity contribution is 5.77. The van der Waals surface area contributed by atoms with Gasteiger partial charge in [-0.15, -0.1) is 0 Å². The lowest BCUT2D eigenvalue weighted by molar-refractivity contribution is -0.120. The molecule has 17 heavy (non-hydrogen) atoms. The Bertz CT molecular complexity index is 366. The second-order valence-electron chi connectivity index (χ2n) is 3.80. The number of benzene rings is 1. The molecule has 0 spiro atoms. The minimum absolute atomic E-state index is 0.00856. The summed E-state index contributed by atoms with van der Waals surface area (Å²) in [6.07, 6.45) is 0. The van der Waals surface area contributed by atoms with E-state index in [0.29, 0.717) is 13.1 Å². The Morgan fingerprint density at radius 1 is 1.41 bits per heavy atom. The van der Waals surface area contributed by atoms with Gasteiger partial charge < -0.3 is 15.4 Å². The normalized spacial score (nSPS) is 11.9. The summed E-state index contributed by atoms with van der Waals surface area (Å²) in [5, 5.41) is 5.91. The van der Waals surface area contributed by atoms with Gasteiger partial charge >= 0.3 is 0 Å². The number of nitrogens with one attached hydrogen (secondary N) is 2. The molecule has 0 unspecified atom stereocenters. The van der Waals surface area contributed by atoms with Crippen LogP contribution in [0.5, 0.6) is 5.75 Å². The van der Waals surface area contributed by atoms with Crippen molar-refractivity contribution in [3.05, 3.63) is 29.8 Å². The molecule has 0 bridgehead atoms. The van der Waals surface area contributed by atoms with Crippen molar-refractivity contribution in [3.8, 4) is 5.75 Å². The molecule has 1 rings (SSSR count). The van der Waals surface area contributed by atoms with E-state index in [9.17, 15) is 4.79 Å². The van der Waals surface area contributed by atoms with Crippen molar-refractivity contribution in [3.63, 3.8) is 0 Å². The van der Waals surface area contributed by atoms with Gasteiger partial charge in [0.2, 0.25) is 5.91 Å². The standard InChI is InChI=1S/C13H20N2O2/c1-4-14-13(16)9-15-10(2)11-7-5-6-8-12(11)17-3/h5-8,10,15H,4,9H2,1-3H3,(H,14,16)/t10-/m0/s1. The highest BCUT2D eigenvalue weighted by Gasteiger charge is 2.11. The number of likely N-dealkylation sites (N-methyl/N-ethyl adjacent to an activating group) is 1. The predicted octanol–water partition coefficient (Wildman–Crippen LogP) is 1.48. The van der Waals surface area contributed by atoms with E-state index in [1.54, 1.807) is 7.11 Å². The van der Waals surface area contributed by atoms with Crippen LogP contribution in [0.1, 0.15) is 25.5 Å². The molecule has 0 aliphatic carbocycles. The highest BCUT2D eigenvalue weighted by atomic mass is 16.5. The molecule has 4 nitrogen and oxygen atoms in total. The highest BCUT2D eigenvalue weighted by Crippen LogP contribution is 2.23. The van der Waals surface area contributed by atoms with Crippen LogP contribution in [0.4, 0.5) is 0 Å². The third kappa shape index (κ3) is 4.07. The maximum absolute atomic E-state index is 11.3. The van der Waals surface area contributed by atoms with Crippen LogP contribution in [0.25, 0.3) is 0 Å². The van der Waals surface area contributed by atoms with Gasteiger partial charge in [-0.2, -0.15) is 0 Å². The molecule has 0 heterocycles. The Labute approximate surface area is 102 Å². The number of methoxy groups -OCH3 is 1. The summed E-state index contributed by atoms with van der Waals surface area (Å²) in [7, 11) is 1.65. The third-order valence-corrected chi connectivity index (χ3v) is 2.55. The summed E-state index contributed by atoms with van der Waals surface area (Å²) < 4.78 is 5.28. The second kappa shape index (κ2) is 6.91. The summed E-state index contributed by atoms with van der Waals surface area (Å²) >= 11 is 0. The van der Waals surface area contributed by atoms with Gasteiger partial charge in [0, 0.05) is 18.2 Å². The van der Waals surface area contributed by atoms with E-state index in [1.165, 1.54) is 0 Å². The summed E-state index contributed by atoms with van der Waals surface area (Å²) in [6, 6.07) is 7.88. The molecule has 2 N–H and O–H groups in total. The molecular weight excluding hydrogens is 216 g/mol. The topological polar surface area (TPSA) is 50.4 Å². The van der Waals surface area contributed by atoms with Gasteiger partial charge in [-0.1, -0.05) is 18.2 Å². The third-order valence-electron chi connectivity index (χ3n) is 2.55. The number of hydrogen-bond donors (Lipinski definition) is 2. The fraction of sp³-hybridized carbons (Fsp3) is 0.462. The first-order chi connectivity index (χ1) is 8.19. The zero-order valence-electron chi connectivity index (χ0n) is 10.6. The fourth-order valence-electron chi connectivity index (χ4n) is 1.64. The van der Waals surface area contributed by atoms with Gasteiger partial charge in [-0.25, -0.2) is 0 Å². The average Bonchev–Trinajstić information content (AvgIpc) is 2.36. The number of amides is 1. The van der Waals surface area contributed by atoms with Gasteiger partial charge in [0.15, 0.2) is 0 Å². The Balaban J connectivity index is 2.57. The lowest BCUT2D eigenvalue weighted by Gasteiger charge is -2.16. The van der Waals surface area contributed by atoms with Crippen molar-refractivity contribution in [2.75, 3.05) is 20.2 Å². The van der Waals surface area contributed by atoms with E-state index >= 15 is 0 Å². The van der Waals surface area contributed by atoms with Crippen LogP contribution in [0.3, 0.4) is 0 Å². The number of hydrogen-bond acceptors (Lipinski definition) is 3. The fourth-order valence-corrected chi connectivity index (χ4v) is 1.64. The maximum Gasteiger partial charge on any atom is 0.233 e. The summed E-state index contributed by atoms with van der Waals surface area (Å²) in [5.74, 6) is 0.845. The molecule has 4 heteroatoms. The van der Waals surface area contributed by atoms with E-state index in [1.807, 2.05) is 38.1 Å². The van der Waals surface area contributed by atoms with E-state index in [0.717, 1.165) is 11.3 Å². The Kier molecular flexibility index (Phi) is 5.49. The van der Waals surface area contributed by atoms with Gasteiger partial charge in [0.1, 0.15) is 5.75 Å². The van der Waals surface area contributed by atoms with E-state index in [4.69, 9.17) is 4.74 Å². The Hall–Kier alpha value is -1.55. The van der Waals surface area contributed by atoms with Gasteiger partial charge in [0.25, 0.3) is 0 Å². The van der Waals surface area contributed by atoms with Crippen molar-refractivity contribution in [1.82, 2.24) is 10.6 Å². The smallest absolute Gasteiger partial charge is 0.233 e. The summed E-state index contributed by atoms with van der Waals surface area (Å²) in [5.41, 5.74) is 1.05. The molecule has 1 aromatic carbocycles. The SMILES string of the molecule is CCNC(=O)CN[C@@H](C)c1ccccc1OC. The van der Waals surface area contributed by atoms with E-state index in [-0.39, 0.29) is 11.9 Å². The second-order valence-corrected chi connectivity index (χ2v) is 3.80. The van der Waals surface area contributed by atoms with Crippen LogP contribution in [-0.2, 0) is 4.79 Å². The lowest BCUT2D eigenvalue weighted by Crippen LogP contribution is -2.34. The van der Waals surface area contributed by atoms with Crippen LogP contribution in [-0.4, -0.2) is 26.1 Å². The molecule has 0 radical (unpaired) electrons. The minimum atomic E-state index is 0.00856. The summed E-state index contributed by atoms with van der Waals surface area (Å²) in [6.45, 7) is 4.88. The Morgan fingerprint density at radius 3 is 2.76 bits per heavy atom. The molecule has 0 saturated heterocycles. The number of carbonyl (C=O) groups is 1. The molecule has 0 saturated carbocycles. The minimum Gasteiger partial charge on any atom is -0.496 e. The number of rotatable bonds is 6. The molecule has 0 aromatic heterocycles. The van der Waals surface area contributed by atoms with Crippen molar-refractivity contribution >= 4 is 5.91 Å². The van der Waals surface area contributed by atoms with Crippen LogP contribution in [0, 0.1) is 0 Å². The first-order valence-corrected chi connectivity index (χ1v) is 5.82. The predicted molar refractivity (Wildman–Crippen MR) is 68.1 cm³/mol. The molecule has 1 atom stereocenters. The molecule has 0 aliphatic rings. The maximum atomic E-state index is 11.3. The van der Waals surface area contributed by atoms with E-state index < -0.39 is 0 Å². The van der Waals surface area contributed by atoms with Gasteiger partial charge in [-0.3, -0.25) is 4.79 Å². The first kappa shape index (κ1) is 13.5. The zero-order chi connectivity index (χ0) is 12.7. The van der Waals surface area contributed by atoms with Crippen LogP contribution >= 0.6 is 0 Å². The first-order valence-electron chi connectivity index (χ1n) is 5.82.